The van der Waals surface area contributed by atoms with E-state index in [1.807, 2.05) is 6.92 Å². The molecule has 0 amide bonds. The second-order valence-corrected chi connectivity index (χ2v) is 6.84. The van der Waals surface area contributed by atoms with Gasteiger partial charge in [0.2, 0.25) is 0 Å². The van der Waals surface area contributed by atoms with E-state index < -0.39 is 0 Å². The number of esters is 1. The Morgan fingerprint density at radius 3 is 2.32 bits per heavy atom. The first kappa shape index (κ1) is 16.0. The summed E-state index contributed by atoms with van der Waals surface area (Å²) in [5.74, 6) is 1.20. The topological polar surface area (TPSA) is 44.8 Å². The van der Waals surface area contributed by atoms with Gasteiger partial charge in [-0.1, -0.05) is 5.57 Å². The van der Waals surface area contributed by atoms with Crippen LogP contribution in [0.4, 0.5) is 0 Å². The lowest BCUT2D eigenvalue weighted by Crippen LogP contribution is -2.37. The standard InChI is InChI=1S/C18H28O4/c1-2-20-17(19)13-14-3-5-15(6-4-14)16-7-9-18(10-8-16)21-11-12-22-18/h13,15-16H,2-12H2,1H3. The van der Waals surface area contributed by atoms with Crippen LogP contribution in [0.1, 0.15) is 58.3 Å². The molecule has 1 heterocycles. The van der Waals surface area contributed by atoms with Crippen molar-refractivity contribution >= 4 is 5.97 Å². The SMILES string of the molecule is CCOC(=O)C=C1CCC(C2CCC3(CC2)OCCO3)CC1. The highest BCUT2D eigenvalue weighted by molar-refractivity contribution is 5.82. The van der Waals surface area contributed by atoms with Gasteiger partial charge in [-0.25, -0.2) is 4.79 Å². The van der Waals surface area contributed by atoms with Crippen molar-refractivity contribution in [2.45, 2.75) is 64.1 Å². The van der Waals surface area contributed by atoms with Gasteiger partial charge in [0.15, 0.2) is 5.79 Å². The van der Waals surface area contributed by atoms with E-state index >= 15 is 0 Å². The molecule has 0 N–H and O–H groups in total. The smallest absolute Gasteiger partial charge is 0.330 e. The Hall–Kier alpha value is -0.870. The van der Waals surface area contributed by atoms with Crippen LogP contribution in [0, 0.1) is 11.8 Å². The minimum absolute atomic E-state index is 0.175. The molecule has 1 spiro atoms. The van der Waals surface area contributed by atoms with Crippen LogP contribution < -0.4 is 0 Å². The zero-order valence-corrected chi connectivity index (χ0v) is 13.6. The maximum Gasteiger partial charge on any atom is 0.330 e. The van der Waals surface area contributed by atoms with Gasteiger partial charge in [0.25, 0.3) is 0 Å². The van der Waals surface area contributed by atoms with Crippen LogP contribution in [-0.4, -0.2) is 31.6 Å². The van der Waals surface area contributed by atoms with Crippen molar-refractivity contribution in [2.75, 3.05) is 19.8 Å². The molecule has 124 valence electrons. The Morgan fingerprint density at radius 1 is 1.14 bits per heavy atom. The monoisotopic (exact) mass is 308 g/mol. The van der Waals surface area contributed by atoms with Gasteiger partial charge >= 0.3 is 5.97 Å². The number of allylic oxidation sites excluding steroid dienone is 1. The van der Waals surface area contributed by atoms with Crippen LogP contribution in [0.15, 0.2) is 11.6 Å². The van der Waals surface area contributed by atoms with E-state index in [0.717, 1.165) is 50.7 Å². The van der Waals surface area contributed by atoms with Crippen molar-refractivity contribution in [1.29, 1.82) is 0 Å². The fourth-order valence-electron chi connectivity index (χ4n) is 4.31. The maximum atomic E-state index is 11.5. The highest BCUT2D eigenvalue weighted by Crippen LogP contribution is 2.44. The largest absolute Gasteiger partial charge is 0.463 e. The number of carbonyl (C=O) groups is 1. The lowest BCUT2D eigenvalue weighted by Gasteiger charge is -2.40. The molecule has 22 heavy (non-hydrogen) atoms. The van der Waals surface area contributed by atoms with Gasteiger partial charge < -0.3 is 14.2 Å². The molecule has 4 nitrogen and oxygen atoms in total. The minimum atomic E-state index is -0.236. The Bertz CT molecular complexity index is 403. The number of carbonyl (C=O) groups excluding carboxylic acids is 1. The van der Waals surface area contributed by atoms with Crippen molar-refractivity contribution in [1.82, 2.24) is 0 Å². The number of ether oxygens (including phenoxy) is 3. The Morgan fingerprint density at radius 2 is 1.73 bits per heavy atom. The van der Waals surface area contributed by atoms with Gasteiger partial charge in [-0.05, 0) is 57.3 Å². The fraction of sp³-hybridized carbons (Fsp3) is 0.833. The van der Waals surface area contributed by atoms with Crippen molar-refractivity contribution < 1.29 is 19.0 Å². The molecule has 0 bridgehead atoms. The molecule has 2 saturated carbocycles. The van der Waals surface area contributed by atoms with Crippen molar-refractivity contribution in [3.63, 3.8) is 0 Å². The summed E-state index contributed by atoms with van der Waals surface area (Å²) in [5.41, 5.74) is 1.27. The summed E-state index contributed by atoms with van der Waals surface area (Å²) in [4.78, 5) is 11.5. The summed E-state index contributed by atoms with van der Waals surface area (Å²) in [6.07, 6.45) is 10.8. The van der Waals surface area contributed by atoms with Gasteiger partial charge in [0, 0.05) is 18.9 Å². The van der Waals surface area contributed by atoms with Gasteiger partial charge in [0.1, 0.15) is 0 Å². The van der Waals surface area contributed by atoms with Gasteiger partial charge in [-0.15, -0.1) is 0 Å². The van der Waals surface area contributed by atoms with Gasteiger partial charge in [-0.2, -0.15) is 0 Å². The van der Waals surface area contributed by atoms with E-state index in [0.29, 0.717) is 6.61 Å². The molecule has 1 saturated heterocycles. The van der Waals surface area contributed by atoms with Crippen LogP contribution in [0.5, 0.6) is 0 Å². The van der Waals surface area contributed by atoms with Crippen molar-refractivity contribution in [3.8, 4) is 0 Å². The number of rotatable bonds is 3. The van der Waals surface area contributed by atoms with E-state index in [2.05, 4.69) is 0 Å². The fourth-order valence-corrected chi connectivity index (χ4v) is 4.31. The Labute approximate surface area is 133 Å². The third kappa shape index (κ3) is 3.72. The molecule has 0 aromatic rings. The van der Waals surface area contributed by atoms with E-state index in [-0.39, 0.29) is 11.8 Å². The highest BCUT2D eigenvalue weighted by Gasteiger charge is 2.42. The molecule has 0 aromatic heterocycles. The zero-order valence-electron chi connectivity index (χ0n) is 13.6. The van der Waals surface area contributed by atoms with Crippen molar-refractivity contribution in [3.05, 3.63) is 11.6 Å². The zero-order chi connectivity index (χ0) is 15.4. The highest BCUT2D eigenvalue weighted by atomic mass is 16.7. The van der Waals surface area contributed by atoms with E-state index in [4.69, 9.17) is 14.2 Å². The Kier molecular flexibility index (Phi) is 5.19. The third-order valence-electron chi connectivity index (χ3n) is 5.55. The molecule has 0 atom stereocenters. The van der Waals surface area contributed by atoms with Crippen LogP contribution in [-0.2, 0) is 19.0 Å². The minimum Gasteiger partial charge on any atom is -0.463 e. The number of hydrogen-bond acceptors (Lipinski definition) is 4. The third-order valence-corrected chi connectivity index (χ3v) is 5.55. The summed E-state index contributed by atoms with van der Waals surface area (Å²) in [6, 6.07) is 0. The first-order valence-electron chi connectivity index (χ1n) is 8.85. The molecule has 3 fully saturated rings. The second kappa shape index (κ2) is 7.14. The molecule has 4 heteroatoms. The molecular weight excluding hydrogens is 280 g/mol. The average Bonchev–Trinajstić information content (AvgIpc) is 2.97. The second-order valence-electron chi connectivity index (χ2n) is 6.84. The quantitative estimate of drug-likeness (QED) is 0.590. The molecule has 0 unspecified atom stereocenters. The van der Waals surface area contributed by atoms with Crippen molar-refractivity contribution in [2.24, 2.45) is 11.8 Å². The summed E-state index contributed by atoms with van der Waals surface area (Å²) in [6.45, 7) is 3.83. The summed E-state index contributed by atoms with van der Waals surface area (Å²) < 4.78 is 16.6. The normalized spacial score (nSPS) is 28.8. The van der Waals surface area contributed by atoms with Crippen LogP contribution in [0.2, 0.25) is 0 Å². The summed E-state index contributed by atoms with van der Waals surface area (Å²) in [7, 11) is 0. The molecule has 0 aromatic carbocycles. The summed E-state index contributed by atoms with van der Waals surface area (Å²) in [5, 5.41) is 0. The van der Waals surface area contributed by atoms with E-state index in [9.17, 15) is 4.79 Å². The Balaban J connectivity index is 1.45. The predicted molar refractivity (Wildman–Crippen MR) is 83.3 cm³/mol. The molecular formula is C18H28O4. The number of hydrogen-bond donors (Lipinski definition) is 0. The first-order chi connectivity index (χ1) is 10.7. The lowest BCUT2D eigenvalue weighted by molar-refractivity contribution is -0.185. The maximum absolute atomic E-state index is 11.5. The van der Waals surface area contributed by atoms with Crippen LogP contribution >= 0.6 is 0 Å². The molecule has 3 aliphatic rings. The van der Waals surface area contributed by atoms with E-state index in [1.54, 1.807) is 6.08 Å². The average molecular weight is 308 g/mol. The molecule has 2 aliphatic carbocycles. The van der Waals surface area contributed by atoms with Gasteiger partial charge in [-0.3, -0.25) is 0 Å². The van der Waals surface area contributed by atoms with Gasteiger partial charge in [0.05, 0.1) is 19.8 Å². The van der Waals surface area contributed by atoms with Crippen LogP contribution in [0.3, 0.4) is 0 Å². The predicted octanol–water partition coefficient (Wildman–Crippen LogP) is 3.60. The molecule has 3 rings (SSSR count). The lowest BCUT2D eigenvalue weighted by atomic mass is 9.71. The first-order valence-corrected chi connectivity index (χ1v) is 8.85. The molecule has 1 aliphatic heterocycles. The van der Waals surface area contributed by atoms with E-state index in [1.165, 1.54) is 31.3 Å². The van der Waals surface area contributed by atoms with Crippen LogP contribution in [0.25, 0.3) is 0 Å². The summed E-state index contributed by atoms with van der Waals surface area (Å²) >= 11 is 0. The molecule has 0 radical (unpaired) electrons.